The summed E-state index contributed by atoms with van der Waals surface area (Å²) in [5.74, 6) is -0.0449. The van der Waals surface area contributed by atoms with E-state index in [0.29, 0.717) is 19.6 Å². The monoisotopic (exact) mass is 300 g/mol. The molecular formula is C18H36O3. The van der Waals surface area contributed by atoms with Gasteiger partial charge >= 0.3 is 5.97 Å². The molecule has 0 spiro atoms. The van der Waals surface area contributed by atoms with Gasteiger partial charge in [-0.3, -0.25) is 4.79 Å². The molecule has 3 heteroatoms. The van der Waals surface area contributed by atoms with Gasteiger partial charge in [0.25, 0.3) is 0 Å². The van der Waals surface area contributed by atoms with Gasteiger partial charge in [-0.2, -0.15) is 0 Å². The van der Waals surface area contributed by atoms with Gasteiger partial charge in [-0.15, -0.1) is 0 Å². The number of rotatable bonds is 16. The minimum Gasteiger partial charge on any atom is -0.466 e. The molecule has 0 fully saturated rings. The minimum atomic E-state index is -0.0449. The molecule has 0 aliphatic heterocycles. The Balaban J connectivity index is 3.01. The summed E-state index contributed by atoms with van der Waals surface area (Å²) in [6, 6.07) is 0. The van der Waals surface area contributed by atoms with E-state index in [4.69, 9.17) is 9.84 Å². The topological polar surface area (TPSA) is 46.5 Å². The third-order valence-electron chi connectivity index (χ3n) is 3.84. The first kappa shape index (κ1) is 20.4. The normalized spacial score (nSPS) is 10.8. The van der Waals surface area contributed by atoms with Gasteiger partial charge in [-0.05, 0) is 19.8 Å². The summed E-state index contributed by atoms with van der Waals surface area (Å²) < 4.78 is 4.90. The summed E-state index contributed by atoms with van der Waals surface area (Å²) in [7, 11) is 0. The van der Waals surface area contributed by atoms with Crippen LogP contribution in [-0.2, 0) is 9.53 Å². The second kappa shape index (κ2) is 17.5. The summed E-state index contributed by atoms with van der Waals surface area (Å²) in [5, 5.41) is 8.67. The number of ether oxygens (including phenoxy) is 1. The molecule has 0 aliphatic carbocycles. The van der Waals surface area contributed by atoms with Crippen molar-refractivity contribution in [3.05, 3.63) is 0 Å². The maximum Gasteiger partial charge on any atom is 0.305 e. The lowest BCUT2D eigenvalue weighted by Gasteiger charge is -2.03. The molecule has 0 atom stereocenters. The van der Waals surface area contributed by atoms with Crippen LogP contribution in [0, 0.1) is 0 Å². The van der Waals surface area contributed by atoms with Crippen molar-refractivity contribution in [3.8, 4) is 0 Å². The van der Waals surface area contributed by atoms with Crippen LogP contribution in [0.1, 0.15) is 96.8 Å². The smallest absolute Gasteiger partial charge is 0.305 e. The van der Waals surface area contributed by atoms with Crippen LogP contribution in [0.4, 0.5) is 0 Å². The van der Waals surface area contributed by atoms with E-state index in [1.165, 1.54) is 64.2 Å². The van der Waals surface area contributed by atoms with Crippen molar-refractivity contribution in [2.45, 2.75) is 96.8 Å². The van der Waals surface area contributed by atoms with E-state index in [2.05, 4.69) is 0 Å². The molecule has 0 radical (unpaired) electrons. The lowest BCUT2D eigenvalue weighted by molar-refractivity contribution is -0.143. The van der Waals surface area contributed by atoms with Gasteiger partial charge in [-0.1, -0.05) is 70.6 Å². The highest BCUT2D eigenvalue weighted by molar-refractivity contribution is 5.69. The number of unbranched alkanes of at least 4 members (excludes halogenated alkanes) is 12. The van der Waals surface area contributed by atoms with Gasteiger partial charge in [0.05, 0.1) is 6.61 Å². The van der Waals surface area contributed by atoms with Gasteiger partial charge in [-0.25, -0.2) is 0 Å². The van der Waals surface area contributed by atoms with Crippen LogP contribution in [0.15, 0.2) is 0 Å². The van der Waals surface area contributed by atoms with Gasteiger partial charge in [0.2, 0.25) is 0 Å². The van der Waals surface area contributed by atoms with Crippen LogP contribution in [0.5, 0.6) is 0 Å². The fraction of sp³-hybridized carbons (Fsp3) is 0.944. The van der Waals surface area contributed by atoms with Crippen LogP contribution in [0.2, 0.25) is 0 Å². The third kappa shape index (κ3) is 17.4. The fourth-order valence-electron chi connectivity index (χ4n) is 2.56. The Labute approximate surface area is 131 Å². The van der Waals surface area contributed by atoms with Crippen molar-refractivity contribution < 1.29 is 14.6 Å². The van der Waals surface area contributed by atoms with E-state index in [1.54, 1.807) is 0 Å². The summed E-state index contributed by atoms with van der Waals surface area (Å²) in [6.45, 7) is 2.70. The standard InChI is InChI=1S/C18H36O3/c1-2-21-18(20)16-14-12-10-8-6-4-3-5-7-9-11-13-15-17-19/h19H,2-17H2,1H3. The quantitative estimate of drug-likeness (QED) is 0.322. The molecule has 0 aromatic rings. The largest absolute Gasteiger partial charge is 0.466 e. The Kier molecular flexibility index (Phi) is 17.0. The Morgan fingerprint density at radius 1 is 0.714 bits per heavy atom. The predicted octanol–water partition coefficient (Wildman–Crippen LogP) is 5.00. The summed E-state index contributed by atoms with van der Waals surface area (Å²) in [6.07, 6.45) is 16.8. The summed E-state index contributed by atoms with van der Waals surface area (Å²) in [4.78, 5) is 11.1. The number of carbonyl (C=O) groups is 1. The molecule has 0 rings (SSSR count). The van der Waals surface area contributed by atoms with Crippen molar-refractivity contribution in [3.63, 3.8) is 0 Å². The SMILES string of the molecule is CCOC(=O)CCCCCCCCCCCCCCCO. The van der Waals surface area contributed by atoms with E-state index in [1.807, 2.05) is 6.92 Å². The highest BCUT2D eigenvalue weighted by Crippen LogP contribution is 2.13. The zero-order chi connectivity index (χ0) is 15.6. The van der Waals surface area contributed by atoms with E-state index in [-0.39, 0.29) is 5.97 Å². The van der Waals surface area contributed by atoms with Gasteiger partial charge < -0.3 is 9.84 Å². The first-order valence-corrected chi connectivity index (χ1v) is 9.07. The lowest BCUT2D eigenvalue weighted by Crippen LogP contribution is -2.03. The first-order chi connectivity index (χ1) is 10.3. The van der Waals surface area contributed by atoms with Crippen LogP contribution < -0.4 is 0 Å². The van der Waals surface area contributed by atoms with Crippen molar-refractivity contribution in [2.75, 3.05) is 13.2 Å². The number of carbonyl (C=O) groups excluding carboxylic acids is 1. The van der Waals surface area contributed by atoms with Gasteiger partial charge in [0, 0.05) is 13.0 Å². The Morgan fingerprint density at radius 2 is 1.10 bits per heavy atom. The summed E-state index contributed by atoms with van der Waals surface area (Å²) in [5.41, 5.74) is 0. The lowest BCUT2D eigenvalue weighted by atomic mass is 10.0. The molecule has 0 aliphatic rings. The molecule has 0 saturated heterocycles. The van der Waals surface area contributed by atoms with Crippen molar-refractivity contribution in [2.24, 2.45) is 0 Å². The van der Waals surface area contributed by atoms with Crippen molar-refractivity contribution in [1.82, 2.24) is 0 Å². The van der Waals surface area contributed by atoms with E-state index < -0.39 is 0 Å². The van der Waals surface area contributed by atoms with E-state index >= 15 is 0 Å². The van der Waals surface area contributed by atoms with Gasteiger partial charge in [0.1, 0.15) is 0 Å². The maximum absolute atomic E-state index is 11.1. The van der Waals surface area contributed by atoms with Crippen LogP contribution >= 0.6 is 0 Å². The molecule has 1 N–H and O–H groups in total. The minimum absolute atomic E-state index is 0.0449. The molecule has 0 aromatic carbocycles. The molecule has 0 unspecified atom stereocenters. The molecule has 0 heterocycles. The fourth-order valence-corrected chi connectivity index (χ4v) is 2.56. The molecule has 0 aromatic heterocycles. The maximum atomic E-state index is 11.1. The summed E-state index contributed by atoms with van der Waals surface area (Å²) >= 11 is 0. The molecular weight excluding hydrogens is 264 g/mol. The molecule has 126 valence electrons. The molecule has 21 heavy (non-hydrogen) atoms. The number of hydrogen-bond donors (Lipinski definition) is 1. The molecule has 3 nitrogen and oxygen atoms in total. The highest BCUT2D eigenvalue weighted by atomic mass is 16.5. The average Bonchev–Trinajstić information content (AvgIpc) is 2.48. The van der Waals surface area contributed by atoms with E-state index in [9.17, 15) is 4.79 Å². The van der Waals surface area contributed by atoms with Crippen molar-refractivity contribution in [1.29, 1.82) is 0 Å². The Hall–Kier alpha value is -0.570. The van der Waals surface area contributed by atoms with Crippen LogP contribution in [0.3, 0.4) is 0 Å². The number of aliphatic hydroxyl groups excluding tert-OH is 1. The van der Waals surface area contributed by atoms with Crippen LogP contribution in [0.25, 0.3) is 0 Å². The Morgan fingerprint density at radius 3 is 1.48 bits per heavy atom. The van der Waals surface area contributed by atoms with Gasteiger partial charge in [0.15, 0.2) is 0 Å². The van der Waals surface area contributed by atoms with Crippen molar-refractivity contribution >= 4 is 5.97 Å². The number of esters is 1. The molecule has 0 saturated carbocycles. The predicted molar refractivity (Wildman–Crippen MR) is 88.4 cm³/mol. The average molecular weight is 300 g/mol. The zero-order valence-corrected chi connectivity index (χ0v) is 14.1. The molecule has 0 amide bonds. The highest BCUT2D eigenvalue weighted by Gasteiger charge is 2.00. The first-order valence-electron chi connectivity index (χ1n) is 9.07. The van der Waals surface area contributed by atoms with Crippen LogP contribution in [-0.4, -0.2) is 24.3 Å². The number of hydrogen-bond acceptors (Lipinski definition) is 3. The second-order valence-electron chi connectivity index (χ2n) is 5.87. The Bertz CT molecular complexity index is 217. The molecule has 0 bridgehead atoms. The number of aliphatic hydroxyl groups is 1. The second-order valence-corrected chi connectivity index (χ2v) is 5.87. The zero-order valence-electron chi connectivity index (χ0n) is 14.1. The third-order valence-corrected chi connectivity index (χ3v) is 3.84. The van der Waals surface area contributed by atoms with E-state index in [0.717, 1.165) is 19.3 Å².